The first-order chi connectivity index (χ1) is 5.74. The third-order valence-corrected chi connectivity index (χ3v) is 1.71. The molecule has 1 nitrogen and oxygen atoms in total. The van der Waals surface area contributed by atoms with Crippen LogP contribution in [0, 0.1) is 6.92 Å². The van der Waals surface area contributed by atoms with Crippen molar-refractivity contribution < 1.29 is 0 Å². The number of rotatable bonds is 2. The molecule has 0 atom stereocenters. The second-order valence-electron chi connectivity index (χ2n) is 2.78. The van der Waals surface area contributed by atoms with Gasteiger partial charge in [-0.25, -0.2) is 0 Å². The smallest absolute Gasteiger partial charge is 0.0281 e. The Labute approximate surface area is 73.5 Å². The Balaban J connectivity index is 2.90. The lowest BCUT2D eigenvalue weighted by atomic mass is 10.1. The number of hydrogen-bond donors (Lipinski definition) is 0. The molecule has 1 aromatic rings. The molecule has 0 heterocycles. The Kier molecular flexibility index (Phi) is 2.81. The molecular formula is C11H13N. The zero-order valence-corrected chi connectivity index (χ0v) is 7.54. The molecule has 0 amide bonds. The number of benzene rings is 1. The first-order valence-electron chi connectivity index (χ1n) is 3.92. The van der Waals surface area contributed by atoms with Crippen LogP contribution in [0.2, 0.25) is 0 Å². The van der Waals surface area contributed by atoms with Gasteiger partial charge in [0.15, 0.2) is 0 Å². The minimum absolute atomic E-state index is 0.956. The van der Waals surface area contributed by atoms with Crippen molar-refractivity contribution in [2.75, 3.05) is 7.05 Å². The Morgan fingerprint density at radius 2 is 1.92 bits per heavy atom. The molecule has 0 bridgehead atoms. The molecule has 0 aliphatic carbocycles. The Bertz CT molecular complexity index is 293. The highest BCUT2D eigenvalue weighted by atomic mass is 14.6. The Morgan fingerprint density at radius 3 is 2.42 bits per heavy atom. The van der Waals surface area contributed by atoms with E-state index in [1.807, 2.05) is 0 Å². The van der Waals surface area contributed by atoms with Crippen molar-refractivity contribution in [1.29, 1.82) is 0 Å². The lowest BCUT2D eigenvalue weighted by molar-refractivity contribution is 1.45. The summed E-state index contributed by atoms with van der Waals surface area (Å²) >= 11 is 0. The number of allylic oxidation sites excluding steroid dienone is 1. The van der Waals surface area contributed by atoms with Gasteiger partial charge in [0.1, 0.15) is 0 Å². The average Bonchev–Trinajstić information content (AvgIpc) is 2.06. The lowest BCUT2D eigenvalue weighted by Crippen LogP contribution is -1.83. The monoisotopic (exact) mass is 159 g/mol. The molecule has 0 aliphatic rings. The van der Waals surface area contributed by atoms with E-state index >= 15 is 0 Å². The topological polar surface area (TPSA) is 12.4 Å². The van der Waals surface area contributed by atoms with Crippen molar-refractivity contribution >= 4 is 11.8 Å². The standard InChI is InChI=1S/C11H13N/c1-9-4-6-11(7-5-9)10(2)8-12-3/h4-8H,2H2,1,3H3. The molecule has 0 unspecified atom stereocenters. The maximum absolute atomic E-state index is 3.91. The molecule has 1 heteroatoms. The van der Waals surface area contributed by atoms with Crippen LogP contribution in [-0.2, 0) is 0 Å². The van der Waals surface area contributed by atoms with Crippen LogP contribution in [0.25, 0.3) is 5.57 Å². The maximum atomic E-state index is 3.91. The van der Waals surface area contributed by atoms with Gasteiger partial charge in [0, 0.05) is 13.3 Å². The second kappa shape index (κ2) is 3.86. The van der Waals surface area contributed by atoms with E-state index in [1.54, 1.807) is 13.3 Å². The van der Waals surface area contributed by atoms with Gasteiger partial charge in [0.05, 0.1) is 0 Å². The van der Waals surface area contributed by atoms with E-state index in [2.05, 4.69) is 42.8 Å². The summed E-state index contributed by atoms with van der Waals surface area (Å²) in [6.07, 6.45) is 1.77. The largest absolute Gasteiger partial charge is 0.296 e. The summed E-state index contributed by atoms with van der Waals surface area (Å²) in [6, 6.07) is 8.26. The van der Waals surface area contributed by atoms with Gasteiger partial charge < -0.3 is 0 Å². The summed E-state index contributed by atoms with van der Waals surface area (Å²) in [5.74, 6) is 0. The normalized spacial score (nSPS) is 10.5. The van der Waals surface area contributed by atoms with Crippen molar-refractivity contribution in [3.8, 4) is 0 Å². The summed E-state index contributed by atoms with van der Waals surface area (Å²) < 4.78 is 0. The van der Waals surface area contributed by atoms with Crippen molar-refractivity contribution in [2.45, 2.75) is 6.92 Å². The van der Waals surface area contributed by atoms with E-state index in [1.165, 1.54) is 5.56 Å². The van der Waals surface area contributed by atoms with Crippen molar-refractivity contribution in [1.82, 2.24) is 0 Å². The van der Waals surface area contributed by atoms with Gasteiger partial charge in [-0.05, 0) is 18.1 Å². The third-order valence-electron chi connectivity index (χ3n) is 1.71. The molecule has 0 N–H and O–H groups in total. The number of aliphatic imine (C=N–C) groups is 1. The fraction of sp³-hybridized carbons (Fsp3) is 0.182. The predicted octanol–water partition coefficient (Wildman–Crippen LogP) is 2.71. The first kappa shape index (κ1) is 8.72. The van der Waals surface area contributed by atoms with Gasteiger partial charge in [-0.2, -0.15) is 0 Å². The first-order valence-corrected chi connectivity index (χ1v) is 3.92. The van der Waals surface area contributed by atoms with E-state index in [0.29, 0.717) is 0 Å². The van der Waals surface area contributed by atoms with Crippen LogP contribution in [0.15, 0.2) is 35.8 Å². The summed E-state index contributed by atoms with van der Waals surface area (Å²) in [7, 11) is 1.75. The molecule has 1 rings (SSSR count). The van der Waals surface area contributed by atoms with Gasteiger partial charge in [-0.1, -0.05) is 36.4 Å². The zero-order chi connectivity index (χ0) is 8.97. The molecule has 0 aliphatic heterocycles. The van der Waals surface area contributed by atoms with Crippen LogP contribution in [0.5, 0.6) is 0 Å². The van der Waals surface area contributed by atoms with Crippen molar-refractivity contribution in [2.24, 2.45) is 4.99 Å². The third kappa shape index (κ3) is 2.06. The van der Waals surface area contributed by atoms with Crippen LogP contribution in [-0.4, -0.2) is 13.3 Å². The molecule has 0 saturated carbocycles. The molecule has 1 aromatic carbocycles. The second-order valence-corrected chi connectivity index (χ2v) is 2.78. The molecule has 0 aromatic heterocycles. The van der Waals surface area contributed by atoms with Gasteiger partial charge in [-0.15, -0.1) is 0 Å². The number of aryl methyl sites for hydroxylation is 1. The molecule has 0 spiro atoms. The molecule has 62 valence electrons. The van der Waals surface area contributed by atoms with Gasteiger partial charge in [0.2, 0.25) is 0 Å². The lowest BCUT2D eigenvalue weighted by Gasteiger charge is -1.99. The number of nitrogens with zero attached hydrogens (tertiary/aromatic N) is 1. The molecule has 0 fully saturated rings. The van der Waals surface area contributed by atoms with Crippen LogP contribution >= 0.6 is 0 Å². The van der Waals surface area contributed by atoms with E-state index in [9.17, 15) is 0 Å². The Hall–Kier alpha value is -1.37. The zero-order valence-electron chi connectivity index (χ0n) is 7.54. The maximum Gasteiger partial charge on any atom is 0.0281 e. The minimum Gasteiger partial charge on any atom is -0.296 e. The predicted molar refractivity (Wildman–Crippen MR) is 54.6 cm³/mol. The number of hydrogen-bond acceptors (Lipinski definition) is 1. The highest BCUT2D eigenvalue weighted by Crippen LogP contribution is 2.10. The van der Waals surface area contributed by atoms with E-state index in [0.717, 1.165) is 11.1 Å². The summed E-state index contributed by atoms with van der Waals surface area (Å²) in [5, 5.41) is 0. The quantitative estimate of drug-likeness (QED) is 0.588. The minimum atomic E-state index is 0.956. The molecular weight excluding hydrogens is 146 g/mol. The van der Waals surface area contributed by atoms with Gasteiger partial charge in [0.25, 0.3) is 0 Å². The van der Waals surface area contributed by atoms with Crippen LogP contribution < -0.4 is 0 Å². The van der Waals surface area contributed by atoms with E-state index in [-0.39, 0.29) is 0 Å². The van der Waals surface area contributed by atoms with Crippen LogP contribution in [0.1, 0.15) is 11.1 Å². The van der Waals surface area contributed by atoms with Crippen LogP contribution in [0.4, 0.5) is 0 Å². The summed E-state index contributed by atoms with van der Waals surface area (Å²) in [6.45, 7) is 5.96. The summed E-state index contributed by atoms with van der Waals surface area (Å²) in [4.78, 5) is 3.91. The van der Waals surface area contributed by atoms with E-state index in [4.69, 9.17) is 0 Å². The molecule has 0 saturated heterocycles. The van der Waals surface area contributed by atoms with Crippen molar-refractivity contribution in [3.63, 3.8) is 0 Å². The van der Waals surface area contributed by atoms with Crippen molar-refractivity contribution in [3.05, 3.63) is 42.0 Å². The fourth-order valence-electron chi connectivity index (χ4n) is 0.998. The van der Waals surface area contributed by atoms with E-state index < -0.39 is 0 Å². The highest BCUT2D eigenvalue weighted by Gasteiger charge is 1.93. The highest BCUT2D eigenvalue weighted by molar-refractivity contribution is 6.08. The van der Waals surface area contributed by atoms with Gasteiger partial charge >= 0.3 is 0 Å². The summed E-state index contributed by atoms with van der Waals surface area (Å²) in [5.41, 5.74) is 3.35. The van der Waals surface area contributed by atoms with Gasteiger partial charge in [-0.3, -0.25) is 4.99 Å². The average molecular weight is 159 g/mol. The SMILES string of the molecule is C=C(C=NC)c1ccc(C)cc1. The molecule has 12 heavy (non-hydrogen) atoms. The fourth-order valence-corrected chi connectivity index (χ4v) is 0.998. The molecule has 0 radical (unpaired) electrons. The van der Waals surface area contributed by atoms with Crippen LogP contribution in [0.3, 0.4) is 0 Å². The Morgan fingerprint density at radius 1 is 1.33 bits per heavy atom.